The van der Waals surface area contributed by atoms with Crippen molar-refractivity contribution in [1.29, 1.82) is 0 Å². The summed E-state index contributed by atoms with van der Waals surface area (Å²) >= 11 is 0. The second-order valence-corrected chi connectivity index (χ2v) is 5.47. The summed E-state index contributed by atoms with van der Waals surface area (Å²) in [5.74, 6) is 0.552. The first-order valence-corrected chi connectivity index (χ1v) is 7.07. The summed E-state index contributed by atoms with van der Waals surface area (Å²) in [4.78, 5) is 12.2. The van der Waals surface area contributed by atoms with Crippen molar-refractivity contribution in [3.63, 3.8) is 0 Å². The number of H-pyrrole nitrogens is 2. The molecule has 3 aromatic rings. The SMILES string of the molecule is O=C(NCC1CC1)c1n[nH]c2cc(-c3cn[nH]c3)ccc12. The molecule has 0 aliphatic heterocycles. The average Bonchev–Trinajstić information content (AvgIpc) is 3.02. The minimum Gasteiger partial charge on any atom is -0.350 e. The van der Waals surface area contributed by atoms with Crippen LogP contribution in [0.2, 0.25) is 0 Å². The molecule has 4 rings (SSSR count). The van der Waals surface area contributed by atoms with E-state index in [1.807, 2.05) is 24.4 Å². The van der Waals surface area contributed by atoms with Gasteiger partial charge in [-0.25, -0.2) is 0 Å². The molecule has 1 saturated carbocycles. The molecule has 3 N–H and O–H groups in total. The Morgan fingerprint density at radius 2 is 2.24 bits per heavy atom. The van der Waals surface area contributed by atoms with Gasteiger partial charge in [-0.2, -0.15) is 10.2 Å². The van der Waals surface area contributed by atoms with Crippen molar-refractivity contribution in [3.8, 4) is 11.1 Å². The van der Waals surface area contributed by atoms with Gasteiger partial charge in [0.1, 0.15) is 0 Å². The smallest absolute Gasteiger partial charge is 0.272 e. The summed E-state index contributed by atoms with van der Waals surface area (Å²) in [7, 11) is 0. The lowest BCUT2D eigenvalue weighted by Gasteiger charge is -2.02. The van der Waals surface area contributed by atoms with Crippen LogP contribution < -0.4 is 5.32 Å². The third kappa shape index (κ3) is 2.29. The Morgan fingerprint density at radius 1 is 1.33 bits per heavy atom. The second kappa shape index (κ2) is 4.73. The van der Waals surface area contributed by atoms with E-state index < -0.39 is 0 Å². The molecule has 1 amide bonds. The Kier molecular flexibility index (Phi) is 2.73. The number of aromatic nitrogens is 4. The summed E-state index contributed by atoms with van der Waals surface area (Å²) in [5.41, 5.74) is 3.35. The summed E-state index contributed by atoms with van der Waals surface area (Å²) in [6, 6.07) is 5.87. The number of carbonyl (C=O) groups excluding carboxylic acids is 1. The molecular formula is C15H15N5O. The number of nitrogens with one attached hydrogen (secondary N) is 3. The van der Waals surface area contributed by atoms with Gasteiger partial charge < -0.3 is 5.32 Å². The van der Waals surface area contributed by atoms with Gasteiger partial charge in [0.15, 0.2) is 5.69 Å². The maximum Gasteiger partial charge on any atom is 0.272 e. The van der Waals surface area contributed by atoms with E-state index >= 15 is 0 Å². The molecule has 21 heavy (non-hydrogen) atoms. The summed E-state index contributed by atoms with van der Waals surface area (Å²) in [5, 5.41) is 17.6. The van der Waals surface area contributed by atoms with E-state index in [-0.39, 0.29) is 5.91 Å². The molecule has 1 aliphatic carbocycles. The van der Waals surface area contributed by atoms with Crippen LogP contribution in [-0.4, -0.2) is 32.8 Å². The first kappa shape index (κ1) is 12.1. The Bertz CT molecular complexity index is 786. The van der Waals surface area contributed by atoms with Crippen LogP contribution >= 0.6 is 0 Å². The van der Waals surface area contributed by atoms with Gasteiger partial charge in [0, 0.05) is 23.7 Å². The van der Waals surface area contributed by atoms with Crippen molar-refractivity contribution < 1.29 is 4.79 Å². The van der Waals surface area contributed by atoms with Gasteiger partial charge in [0.2, 0.25) is 0 Å². The van der Waals surface area contributed by atoms with Gasteiger partial charge in [-0.3, -0.25) is 15.0 Å². The van der Waals surface area contributed by atoms with Gasteiger partial charge in [-0.1, -0.05) is 6.07 Å². The van der Waals surface area contributed by atoms with Gasteiger partial charge in [0.05, 0.1) is 11.7 Å². The molecule has 0 spiro atoms. The van der Waals surface area contributed by atoms with E-state index in [1.165, 1.54) is 12.8 Å². The van der Waals surface area contributed by atoms with Crippen molar-refractivity contribution in [1.82, 2.24) is 25.7 Å². The fourth-order valence-corrected chi connectivity index (χ4v) is 2.42. The van der Waals surface area contributed by atoms with E-state index in [9.17, 15) is 4.79 Å². The number of hydrogen-bond acceptors (Lipinski definition) is 3. The highest BCUT2D eigenvalue weighted by molar-refractivity contribution is 6.05. The van der Waals surface area contributed by atoms with Crippen LogP contribution in [-0.2, 0) is 0 Å². The summed E-state index contributed by atoms with van der Waals surface area (Å²) < 4.78 is 0. The van der Waals surface area contributed by atoms with E-state index in [2.05, 4.69) is 25.7 Å². The lowest BCUT2D eigenvalue weighted by atomic mass is 10.1. The molecule has 6 nitrogen and oxygen atoms in total. The number of nitrogens with zero attached hydrogens (tertiary/aromatic N) is 2. The Balaban J connectivity index is 1.63. The summed E-state index contributed by atoms with van der Waals surface area (Å²) in [6.45, 7) is 0.750. The predicted molar refractivity (Wildman–Crippen MR) is 78.7 cm³/mol. The number of amides is 1. The largest absolute Gasteiger partial charge is 0.350 e. The Hall–Kier alpha value is -2.63. The molecule has 1 aromatic carbocycles. The van der Waals surface area contributed by atoms with Crippen molar-refractivity contribution in [2.45, 2.75) is 12.8 Å². The zero-order valence-electron chi connectivity index (χ0n) is 11.4. The number of carbonyl (C=O) groups is 1. The van der Waals surface area contributed by atoms with Gasteiger partial charge in [0.25, 0.3) is 5.91 Å². The highest BCUT2D eigenvalue weighted by Crippen LogP contribution is 2.28. The van der Waals surface area contributed by atoms with E-state index in [0.29, 0.717) is 11.6 Å². The molecule has 1 aliphatic rings. The highest BCUT2D eigenvalue weighted by atomic mass is 16.1. The number of rotatable bonds is 4. The zero-order chi connectivity index (χ0) is 14.2. The third-order valence-electron chi connectivity index (χ3n) is 3.86. The highest BCUT2D eigenvalue weighted by Gasteiger charge is 2.23. The van der Waals surface area contributed by atoms with E-state index in [1.54, 1.807) is 6.20 Å². The third-order valence-corrected chi connectivity index (χ3v) is 3.86. The first-order chi connectivity index (χ1) is 10.3. The normalized spacial score (nSPS) is 14.5. The number of fused-ring (bicyclic) bond motifs is 1. The fraction of sp³-hybridized carbons (Fsp3) is 0.267. The number of hydrogen-bond donors (Lipinski definition) is 3. The second-order valence-electron chi connectivity index (χ2n) is 5.47. The lowest BCUT2D eigenvalue weighted by Crippen LogP contribution is -2.26. The van der Waals surface area contributed by atoms with E-state index in [4.69, 9.17) is 0 Å². The first-order valence-electron chi connectivity index (χ1n) is 7.07. The van der Waals surface area contributed by atoms with Crippen LogP contribution in [0.3, 0.4) is 0 Å². The van der Waals surface area contributed by atoms with Crippen LogP contribution in [0.1, 0.15) is 23.3 Å². The van der Waals surface area contributed by atoms with Crippen LogP contribution in [0.4, 0.5) is 0 Å². The Labute approximate surface area is 120 Å². The minimum atomic E-state index is -0.107. The molecule has 2 aromatic heterocycles. The van der Waals surface area contributed by atoms with Crippen molar-refractivity contribution in [2.24, 2.45) is 5.92 Å². The van der Waals surface area contributed by atoms with Crippen LogP contribution in [0.25, 0.3) is 22.0 Å². The van der Waals surface area contributed by atoms with Gasteiger partial charge in [-0.05, 0) is 36.5 Å². The topological polar surface area (TPSA) is 86.5 Å². The molecule has 0 atom stereocenters. The van der Waals surface area contributed by atoms with Gasteiger partial charge in [-0.15, -0.1) is 0 Å². The maximum atomic E-state index is 12.2. The molecule has 6 heteroatoms. The molecule has 0 radical (unpaired) electrons. The van der Waals surface area contributed by atoms with Crippen LogP contribution in [0, 0.1) is 5.92 Å². The zero-order valence-corrected chi connectivity index (χ0v) is 11.4. The average molecular weight is 281 g/mol. The molecule has 0 saturated heterocycles. The van der Waals surface area contributed by atoms with Gasteiger partial charge >= 0.3 is 0 Å². The molecule has 0 bridgehead atoms. The van der Waals surface area contributed by atoms with Crippen molar-refractivity contribution in [3.05, 3.63) is 36.3 Å². The van der Waals surface area contributed by atoms with Crippen LogP contribution in [0.15, 0.2) is 30.6 Å². The van der Waals surface area contributed by atoms with E-state index in [0.717, 1.165) is 28.6 Å². The predicted octanol–water partition coefficient (Wildman–Crippen LogP) is 2.09. The Morgan fingerprint density at radius 3 is 3.00 bits per heavy atom. The molecular weight excluding hydrogens is 266 g/mol. The monoisotopic (exact) mass is 281 g/mol. The number of aromatic amines is 2. The number of benzene rings is 1. The molecule has 1 fully saturated rings. The lowest BCUT2D eigenvalue weighted by molar-refractivity contribution is 0.0948. The minimum absolute atomic E-state index is 0.107. The molecule has 106 valence electrons. The van der Waals surface area contributed by atoms with Crippen molar-refractivity contribution >= 4 is 16.8 Å². The standard InChI is InChI=1S/C15H15N5O/c21-15(16-6-9-1-2-9)14-12-4-3-10(5-13(12)19-20-14)11-7-17-18-8-11/h3-5,7-9H,1-2,6H2,(H,16,21)(H,17,18)(H,19,20). The van der Waals surface area contributed by atoms with Crippen molar-refractivity contribution in [2.75, 3.05) is 6.54 Å². The van der Waals surface area contributed by atoms with Crippen LogP contribution in [0.5, 0.6) is 0 Å². The maximum absolute atomic E-state index is 12.2. The quantitative estimate of drug-likeness (QED) is 0.684. The molecule has 0 unspecified atom stereocenters. The molecule has 2 heterocycles. The summed E-state index contributed by atoms with van der Waals surface area (Å²) in [6.07, 6.45) is 6.03. The fourth-order valence-electron chi connectivity index (χ4n) is 2.42.